The fourth-order valence-electron chi connectivity index (χ4n) is 3.35. The fraction of sp³-hybridized carbons (Fsp3) is 0.750. The van der Waals surface area contributed by atoms with Crippen LogP contribution in [0.2, 0.25) is 0 Å². The molecule has 0 bridgehead atoms. The van der Waals surface area contributed by atoms with Crippen molar-refractivity contribution in [1.29, 1.82) is 0 Å². The van der Waals surface area contributed by atoms with Crippen LogP contribution >= 0.6 is 0 Å². The first-order chi connectivity index (χ1) is 10.5. The molecule has 3 rings (SSSR count). The number of carbonyl (C=O) groups is 1. The highest BCUT2D eigenvalue weighted by atomic mass is 16.3. The van der Waals surface area contributed by atoms with Crippen LogP contribution in [0, 0.1) is 0 Å². The van der Waals surface area contributed by atoms with Crippen LogP contribution in [0.25, 0.3) is 0 Å². The molecule has 1 aliphatic carbocycles. The quantitative estimate of drug-likeness (QED) is 0.886. The predicted octanol–water partition coefficient (Wildman–Crippen LogP) is 0.634. The Kier molecular flexibility index (Phi) is 4.23. The van der Waals surface area contributed by atoms with E-state index in [1.807, 2.05) is 25.2 Å². The van der Waals surface area contributed by atoms with E-state index in [4.69, 9.17) is 0 Å². The molecule has 1 saturated carbocycles. The van der Waals surface area contributed by atoms with Crippen molar-refractivity contribution in [3.8, 4) is 0 Å². The summed E-state index contributed by atoms with van der Waals surface area (Å²) in [7, 11) is 4.09. The summed E-state index contributed by atoms with van der Waals surface area (Å²) >= 11 is 0. The molecule has 1 aliphatic heterocycles. The molecule has 1 aromatic heterocycles. The van der Waals surface area contributed by atoms with E-state index in [0.717, 1.165) is 44.6 Å². The van der Waals surface area contributed by atoms with E-state index >= 15 is 0 Å². The van der Waals surface area contributed by atoms with E-state index in [1.54, 1.807) is 0 Å². The van der Waals surface area contributed by atoms with Gasteiger partial charge in [-0.1, -0.05) is 0 Å². The third-order valence-electron chi connectivity index (χ3n) is 4.82. The summed E-state index contributed by atoms with van der Waals surface area (Å²) in [6.07, 6.45) is 5.58. The maximum Gasteiger partial charge on any atom is 0.225 e. The predicted molar refractivity (Wildman–Crippen MR) is 83.3 cm³/mol. The van der Waals surface area contributed by atoms with Crippen LogP contribution in [0.15, 0.2) is 6.20 Å². The van der Waals surface area contributed by atoms with E-state index in [2.05, 4.69) is 14.5 Å². The van der Waals surface area contributed by atoms with Crippen molar-refractivity contribution in [3.63, 3.8) is 0 Å². The lowest BCUT2D eigenvalue weighted by Gasteiger charge is -2.37. The lowest BCUT2D eigenvalue weighted by molar-refractivity contribution is -0.140. The minimum absolute atomic E-state index is 0.0853. The smallest absolute Gasteiger partial charge is 0.225 e. The van der Waals surface area contributed by atoms with Crippen LogP contribution in [0.1, 0.15) is 37.2 Å². The first-order valence-electron chi connectivity index (χ1n) is 8.15. The zero-order valence-corrected chi connectivity index (χ0v) is 13.6. The van der Waals surface area contributed by atoms with E-state index in [1.165, 1.54) is 5.69 Å². The van der Waals surface area contributed by atoms with Crippen molar-refractivity contribution in [2.45, 2.75) is 50.8 Å². The van der Waals surface area contributed by atoms with Gasteiger partial charge in [-0.25, -0.2) is 4.98 Å². The fourth-order valence-corrected chi connectivity index (χ4v) is 3.35. The topological polar surface area (TPSA) is 61.6 Å². The van der Waals surface area contributed by atoms with Crippen LogP contribution in [0.4, 0.5) is 0 Å². The zero-order chi connectivity index (χ0) is 15.7. The van der Waals surface area contributed by atoms with E-state index in [9.17, 15) is 9.90 Å². The van der Waals surface area contributed by atoms with Gasteiger partial charge in [0.2, 0.25) is 5.91 Å². The molecule has 0 atom stereocenters. The minimum atomic E-state index is -0.729. The van der Waals surface area contributed by atoms with Gasteiger partial charge in [0.15, 0.2) is 0 Å². The van der Waals surface area contributed by atoms with Gasteiger partial charge in [-0.2, -0.15) is 0 Å². The molecule has 6 nitrogen and oxygen atoms in total. The molecule has 2 heterocycles. The van der Waals surface area contributed by atoms with Crippen LogP contribution in [0.5, 0.6) is 0 Å². The van der Waals surface area contributed by atoms with E-state index in [0.29, 0.717) is 13.1 Å². The average molecular weight is 306 g/mol. The number of carbonyl (C=O) groups excluding carboxylic acids is 1. The van der Waals surface area contributed by atoms with Crippen molar-refractivity contribution in [2.24, 2.45) is 0 Å². The van der Waals surface area contributed by atoms with Crippen molar-refractivity contribution < 1.29 is 9.90 Å². The van der Waals surface area contributed by atoms with Gasteiger partial charge >= 0.3 is 0 Å². The number of aromatic nitrogens is 2. The number of imidazole rings is 1. The van der Waals surface area contributed by atoms with Crippen molar-refractivity contribution in [1.82, 2.24) is 19.4 Å². The summed E-state index contributed by atoms with van der Waals surface area (Å²) < 4.78 is 2.24. The van der Waals surface area contributed by atoms with Gasteiger partial charge in [0.25, 0.3) is 0 Å². The summed E-state index contributed by atoms with van der Waals surface area (Å²) in [6, 6.07) is 0. The first kappa shape index (κ1) is 15.5. The molecular weight excluding hydrogens is 280 g/mol. The molecule has 1 aromatic rings. The van der Waals surface area contributed by atoms with Crippen LogP contribution < -0.4 is 0 Å². The number of hydrogen-bond acceptors (Lipinski definition) is 4. The lowest BCUT2D eigenvalue weighted by Crippen LogP contribution is -2.44. The van der Waals surface area contributed by atoms with Crippen LogP contribution in [-0.2, 0) is 24.3 Å². The molecule has 6 heteroatoms. The highest BCUT2D eigenvalue weighted by Crippen LogP contribution is 2.35. The second-order valence-electron chi connectivity index (χ2n) is 6.94. The number of nitrogens with zero attached hydrogens (tertiary/aromatic N) is 4. The SMILES string of the molecule is CN(C)Cc1cnc2n1CCN(C(=O)CC1(O)CCC1)CC2. The minimum Gasteiger partial charge on any atom is -0.389 e. The van der Waals surface area contributed by atoms with Gasteiger partial charge in [-0.15, -0.1) is 0 Å². The molecule has 0 aromatic carbocycles. The Bertz CT molecular complexity index is 548. The maximum absolute atomic E-state index is 12.4. The molecular formula is C16H26N4O2. The summed E-state index contributed by atoms with van der Waals surface area (Å²) in [5.74, 6) is 1.15. The van der Waals surface area contributed by atoms with Gasteiger partial charge in [0.1, 0.15) is 5.82 Å². The zero-order valence-electron chi connectivity index (χ0n) is 13.6. The molecule has 22 heavy (non-hydrogen) atoms. The molecule has 122 valence electrons. The standard InChI is InChI=1S/C16H26N4O2/c1-18(2)12-13-11-17-14-4-7-19(8-9-20(13)14)15(21)10-16(22)5-3-6-16/h11,22H,3-10,12H2,1-2H3. The average Bonchev–Trinajstić information content (AvgIpc) is 2.67. The second kappa shape index (κ2) is 6.01. The number of aliphatic hydroxyl groups is 1. The van der Waals surface area contributed by atoms with Crippen molar-refractivity contribution >= 4 is 5.91 Å². The maximum atomic E-state index is 12.4. The molecule has 1 amide bonds. The molecule has 2 aliphatic rings. The summed E-state index contributed by atoms with van der Waals surface area (Å²) in [4.78, 5) is 21.0. The molecule has 1 fully saturated rings. The van der Waals surface area contributed by atoms with Crippen molar-refractivity contribution in [2.75, 3.05) is 27.2 Å². The lowest BCUT2D eigenvalue weighted by atomic mass is 9.77. The summed E-state index contributed by atoms with van der Waals surface area (Å²) in [5.41, 5.74) is 0.472. The number of hydrogen-bond donors (Lipinski definition) is 1. The van der Waals surface area contributed by atoms with Crippen LogP contribution in [-0.4, -0.2) is 63.2 Å². The number of fused-ring (bicyclic) bond motifs is 1. The van der Waals surface area contributed by atoms with Gasteiger partial charge in [0.05, 0.1) is 17.7 Å². The molecule has 0 spiro atoms. The Labute approximate surface area is 131 Å². The Balaban J connectivity index is 1.63. The Morgan fingerprint density at radius 3 is 2.77 bits per heavy atom. The van der Waals surface area contributed by atoms with Gasteiger partial charge in [0, 0.05) is 38.8 Å². The monoisotopic (exact) mass is 306 g/mol. The van der Waals surface area contributed by atoms with Gasteiger partial charge in [-0.3, -0.25) is 4.79 Å². The highest BCUT2D eigenvalue weighted by Gasteiger charge is 2.38. The Morgan fingerprint density at radius 2 is 2.14 bits per heavy atom. The van der Waals surface area contributed by atoms with E-state index < -0.39 is 5.60 Å². The normalized spacial score (nSPS) is 20.5. The number of amides is 1. The molecule has 0 radical (unpaired) electrons. The summed E-state index contributed by atoms with van der Waals surface area (Å²) in [6.45, 7) is 3.06. The van der Waals surface area contributed by atoms with Gasteiger partial charge < -0.3 is 19.5 Å². The largest absolute Gasteiger partial charge is 0.389 e. The Hall–Kier alpha value is -1.40. The molecule has 1 N–H and O–H groups in total. The van der Waals surface area contributed by atoms with Crippen molar-refractivity contribution in [3.05, 3.63) is 17.7 Å². The van der Waals surface area contributed by atoms with Gasteiger partial charge in [-0.05, 0) is 33.4 Å². The Morgan fingerprint density at radius 1 is 1.36 bits per heavy atom. The molecule has 0 saturated heterocycles. The molecule has 0 unspecified atom stereocenters. The number of rotatable bonds is 4. The van der Waals surface area contributed by atoms with E-state index in [-0.39, 0.29) is 12.3 Å². The third kappa shape index (κ3) is 3.17. The third-order valence-corrected chi connectivity index (χ3v) is 4.82. The summed E-state index contributed by atoms with van der Waals surface area (Å²) in [5, 5.41) is 10.2. The highest BCUT2D eigenvalue weighted by molar-refractivity contribution is 5.77. The van der Waals surface area contributed by atoms with Crippen LogP contribution in [0.3, 0.4) is 0 Å². The first-order valence-corrected chi connectivity index (χ1v) is 8.15. The second-order valence-corrected chi connectivity index (χ2v) is 6.94.